The first-order valence-electron chi connectivity index (χ1n) is 5.89. The molecule has 1 aromatic carbocycles. The van der Waals surface area contributed by atoms with E-state index < -0.39 is 6.10 Å². The largest absolute Gasteiger partial charge is 0.481 e. The van der Waals surface area contributed by atoms with Crippen LogP contribution in [0.2, 0.25) is 5.02 Å². The van der Waals surface area contributed by atoms with Crippen LogP contribution in [0.1, 0.15) is 6.92 Å². The Kier molecular flexibility index (Phi) is 4.98. The Morgan fingerprint density at radius 1 is 1.40 bits per heavy atom. The number of rotatable bonds is 4. The molecule has 104 valence electrons. The van der Waals surface area contributed by atoms with E-state index >= 15 is 0 Å². The average Bonchev–Trinajstić information content (AvgIpc) is 2.41. The van der Waals surface area contributed by atoms with E-state index in [2.05, 4.69) is 26.2 Å². The third kappa shape index (κ3) is 4.21. The number of carbonyl (C=O) groups excluding carboxylic acids is 1. The second-order valence-corrected chi connectivity index (χ2v) is 5.42. The summed E-state index contributed by atoms with van der Waals surface area (Å²) >= 11 is 9.08. The van der Waals surface area contributed by atoms with E-state index in [1.807, 2.05) is 12.1 Å². The third-order valence-electron chi connectivity index (χ3n) is 2.46. The molecule has 1 N–H and O–H groups in total. The van der Waals surface area contributed by atoms with Crippen LogP contribution in [0.4, 0.5) is 5.82 Å². The summed E-state index contributed by atoms with van der Waals surface area (Å²) in [7, 11) is 0. The van der Waals surface area contributed by atoms with Gasteiger partial charge in [-0.25, -0.2) is 4.98 Å². The summed E-state index contributed by atoms with van der Waals surface area (Å²) in [6, 6.07) is 10.6. The molecule has 2 rings (SSSR count). The molecule has 1 atom stereocenters. The molecule has 20 heavy (non-hydrogen) atoms. The number of nitrogens with one attached hydrogen (secondary N) is 1. The smallest absolute Gasteiger partial charge is 0.266 e. The van der Waals surface area contributed by atoms with Crippen molar-refractivity contribution in [2.75, 3.05) is 5.32 Å². The van der Waals surface area contributed by atoms with Crippen LogP contribution in [0, 0.1) is 0 Å². The standard InChI is InChI=1S/C14H12BrClN2O2/c1-9(20-12-4-2-3-10(15)7-12)14(19)18-13-6-5-11(16)8-17-13/h2-9H,1H3,(H,17,18,19). The summed E-state index contributed by atoms with van der Waals surface area (Å²) in [4.78, 5) is 16.0. The maximum atomic E-state index is 12.0. The van der Waals surface area contributed by atoms with Gasteiger partial charge in [0.2, 0.25) is 0 Å². The Morgan fingerprint density at radius 2 is 2.20 bits per heavy atom. The molecule has 0 aliphatic carbocycles. The number of ether oxygens (including phenoxy) is 1. The molecule has 0 saturated carbocycles. The fourth-order valence-electron chi connectivity index (χ4n) is 1.48. The van der Waals surface area contributed by atoms with E-state index in [0.717, 1.165) is 4.47 Å². The second kappa shape index (κ2) is 6.72. The summed E-state index contributed by atoms with van der Waals surface area (Å²) in [6.07, 6.45) is 0.832. The lowest BCUT2D eigenvalue weighted by Crippen LogP contribution is -2.30. The molecule has 0 radical (unpaired) electrons. The van der Waals surface area contributed by atoms with Crippen molar-refractivity contribution in [2.24, 2.45) is 0 Å². The molecule has 0 aliphatic rings. The highest BCUT2D eigenvalue weighted by Gasteiger charge is 2.15. The van der Waals surface area contributed by atoms with Crippen molar-refractivity contribution in [3.63, 3.8) is 0 Å². The summed E-state index contributed by atoms with van der Waals surface area (Å²) in [5.41, 5.74) is 0. The predicted octanol–water partition coefficient (Wildman–Crippen LogP) is 3.90. The fourth-order valence-corrected chi connectivity index (χ4v) is 1.97. The van der Waals surface area contributed by atoms with Crippen molar-refractivity contribution in [3.05, 3.63) is 52.1 Å². The molecule has 0 spiro atoms. The van der Waals surface area contributed by atoms with Gasteiger partial charge < -0.3 is 10.1 Å². The predicted molar refractivity (Wildman–Crippen MR) is 82.1 cm³/mol. The van der Waals surface area contributed by atoms with E-state index in [4.69, 9.17) is 16.3 Å². The van der Waals surface area contributed by atoms with Crippen LogP contribution >= 0.6 is 27.5 Å². The number of hydrogen-bond acceptors (Lipinski definition) is 3. The number of pyridine rings is 1. The Balaban J connectivity index is 1.96. The number of hydrogen-bond donors (Lipinski definition) is 1. The first-order chi connectivity index (χ1) is 9.54. The molecule has 1 amide bonds. The topological polar surface area (TPSA) is 51.2 Å². The van der Waals surface area contributed by atoms with E-state index in [0.29, 0.717) is 16.6 Å². The Hall–Kier alpha value is -1.59. The Labute approximate surface area is 130 Å². The van der Waals surface area contributed by atoms with Crippen LogP contribution in [0.25, 0.3) is 0 Å². The highest BCUT2D eigenvalue weighted by Crippen LogP contribution is 2.19. The van der Waals surface area contributed by atoms with Gasteiger partial charge in [-0.05, 0) is 37.3 Å². The quantitative estimate of drug-likeness (QED) is 0.905. The molecule has 6 heteroatoms. The van der Waals surface area contributed by atoms with Gasteiger partial charge in [0.25, 0.3) is 5.91 Å². The van der Waals surface area contributed by atoms with E-state index in [1.165, 1.54) is 6.20 Å². The molecular formula is C14H12BrClN2O2. The van der Waals surface area contributed by atoms with Gasteiger partial charge in [-0.15, -0.1) is 0 Å². The second-order valence-electron chi connectivity index (χ2n) is 4.07. The summed E-state index contributed by atoms with van der Waals surface area (Å²) in [6.45, 7) is 1.67. The maximum absolute atomic E-state index is 12.0. The van der Waals surface area contributed by atoms with E-state index in [9.17, 15) is 4.79 Å². The van der Waals surface area contributed by atoms with Crippen molar-refractivity contribution < 1.29 is 9.53 Å². The lowest BCUT2D eigenvalue weighted by molar-refractivity contribution is -0.122. The van der Waals surface area contributed by atoms with E-state index in [-0.39, 0.29) is 5.91 Å². The SMILES string of the molecule is CC(Oc1cccc(Br)c1)C(=O)Nc1ccc(Cl)cn1. The number of amides is 1. The molecule has 0 aliphatic heterocycles. The number of nitrogens with zero attached hydrogens (tertiary/aromatic N) is 1. The first kappa shape index (κ1) is 14.8. The van der Waals surface area contributed by atoms with Gasteiger partial charge in [-0.2, -0.15) is 0 Å². The molecule has 0 saturated heterocycles. The minimum atomic E-state index is -0.637. The summed E-state index contributed by atoms with van der Waals surface area (Å²) < 4.78 is 6.45. The Morgan fingerprint density at radius 3 is 2.85 bits per heavy atom. The van der Waals surface area contributed by atoms with Crippen LogP contribution < -0.4 is 10.1 Å². The van der Waals surface area contributed by atoms with Crippen LogP contribution in [0.3, 0.4) is 0 Å². The lowest BCUT2D eigenvalue weighted by Gasteiger charge is -2.14. The van der Waals surface area contributed by atoms with Gasteiger partial charge in [0, 0.05) is 10.7 Å². The van der Waals surface area contributed by atoms with Crippen molar-refractivity contribution >= 4 is 39.3 Å². The molecule has 1 unspecified atom stereocenters. The van der Waals surface area contributed by atoms with Crippen LogP contribution in [-0.2, 0) is 4.79 Å². The number of halogens is 2. The minimum absolute atomic E-state index is 0.278. The molecule has 1 heterocycles. The number of benzene rings is 1. The highest BCUT2D eigenvalue weighted by molar-refractivity contribution is 9.10. The van der Waals surface area contributed by atoms with Crippen LogP contribution in [0.5, 0.6) is 5.75 Å². The van der Waals surface area contributed by atoms with Crippen molar-refractivity contribution in [1.82, 2.24) is 4.98 Å². The molecule has 0 fully saturated rings. The van der Waals surface area contributed by atoms with E-state index in [1.54, 1.807) is 31.2 Å². The zero-order valence-corrected chi connectivity index (χ0v) is 13.0. The third-order valence-corrected chi connectivity index (χ3v) is 3.17. The molecule has 2 aromatic rings. The molecular weight excluding hydrogens is 344 g/mol. The monoisotopic (exact) mass is 354 g/mol. The Bertz CT molecular complexity index is 604. The van der Waals surface area contributed by atoms with Crippen molar-refractivity contribution in [2.45, 2.75) is 13.0 Å². The van der Waals surface area contributed by atoms with Gasteiger partial charge in [0.15, 0.2) is 6.10 Å². The lowest BCUT2D eigenvalue weighted by atomic mass is 10.3. The first-order valence-corrected chi connectivity index (χ1v) is 7.06. The highest BCUT2D eigenvalue weighted by atomic mass is 79.9. The van der Waals surface area contributed by atoms with Crippen molar-refractivity contribution in [3.8, 4) is 5.75 Å². The molecule has 4 nitrogen and oxygen atoms in total. The minimum Gasteiger partial charge on any atom is -0.481 e. The van der Waals surface area contributed by atoms with Gasteiger partial charge in [0.05, 0.1) is 5.02 Å². The zero-order valence-electron chi connectivity index (χ0n) is 10.6. The molecule has 0 bridgehead atoms. The number of anilines is 1. The zero-order chi connectivity index (χ0) is 14.5. The van der Waals surface area contributed by atoms with Gasteiger partial charge >= 0.3 is 0 Å². The number of aromatic nitrogens is 1. The van der Waals surface area contributed by atoms with Crippen molar-refractivity contribution in [1.29, 1.82) is 0 Å². The average molecular weight is 356 g/mol. The fraction of sp³-hybridized carbons (Fsp3) is 0.143. The summed E-state index contributed by atoms with van der Waals surface area (Å²) in [5.74, 6) is 0.773. The van der Waals surface area contributed by atoms with Crippen LogP contribution in [-0.4, -0.2) is 17.0 Å². The molecule has 1 aromatic heterocycles. The van der Waals surface area contributed by atoms with Gasteiger partial charge in [-0.1, -0.05) is 33.6 Å². The van der Waals surface area contributed by atoms with Gasteiger partial charge in [-0.3, -0.25) is 4.79 Å². The maximum Gasteiger partial charge on any atom is 0.266 e. The van der Waals surface area contributed by atoms with Gasteiger partial charge in [0.1, 0.15) is 11.6 Å². The summed E-state index contributed by atoms with van der Waals surface area (Å²) in [5, 5.41) is 3.17. The number of carbonyl (C=O) groups is 1. The normalized spacial score (nSPS) is 11.8. The van der Waals surface area contributed by atoms with Crippen LogP contribution in [0.15, 0.2) is 47.1 Å².